The van der Waals surface area contributed by atoms with Crippen molar-refractivity contribution in [2.75, 3.05) is 5.32 Å². The monoisotopic (exact) mass is 397 g/mol. The zero-order valence-corrected chi connectivity index (χ0v) is 17.2. The summed E-state index contributed by atoms with van der Waals surface area (Å²) < 4.78 is 0. The molecular weight excluding hydrogens is 374 g/mol. The Morgan fingerprint density at radius 2 is 0.645 bits per heavy atom. The van der Waals surface area contributed by atoms with Gasteiger partial charge in [-0.3, -0.25) is 0 Å². The average Bonchev–Trinajstić information content (AvgIpc) is 2.86. The summed E-state index contributed by atoms with van der Waals surface area (Å²) in [4.78, 5) is 0. The van der Waals surface area contributed by atoms with Gasteiger partial charge in [0, 0.05) is 11.4 Å². The van der Waals surface area contributed by atoms with Gasteiger partial charge < -0.3 is 5.32 Å². The summed E-state index contributed by atoms with van der Waals surface area (Å²) >= 11 is 0. The summed E-state index contributed by atoms with van der Waals surface area (Å²) in [6.07, 6.45) is 0. The molecule has 0 aliphatic heterocycles. The highest BCUT2D eigenvalue weighted by atomic mass is 14.9. The molecular formula is C30H23N. The van der Waals surface area contributed by atoms with Crippen molar-refractivity contribution in [2.24, 2.45) is 0 Å². The van der Waals surface area contributed by atoms with Crippen LogP contribution in [0.1, 0.15) is 0 Å². The van der Waals surface area contributed by atoms with E-state index in [1.54, 1.807) is 0 Å². The van der Waals surface area contributed by atoms with E-state index in [0.717, 1.165) is 11.4 Å². The molecule has 0 unspecified atom stereocenters. The molecule has 5 rings (SSSR count). The lowest BCUT2D eigenvalue weighted by atomic mass is 9.99. The van der Waals surface area contributed by atoms with Crippen molar-refractivity contribution in [3.05, 3.63) is 133 Å². The van der Waals surface area contributed by atoms with E-state index in [0.29, 0.717) is 0 Å². The molecule has 5 aromatic rings. The molecule has 0 spiro atoms. The molecule has 1 heteroatoms. The van der Waals surface area contributed by atoms with Gasteiger partial charge in [0.1, 0.15) is 0 Å². The van der Waals surface area contributed by atoms with Crippen LogP contribution in [0.15, 0.2) is 133 Å². The van der Waals surface area contributed by atoms with Crippen LogP contribution in [0.5, 0.6) is 0 Å². The Morgan fingerprint density at radius 1 is 0.290 bits per heavy atom. The Bertz CT molecular complexity index is 1260. The van der Waals surface area contributed by atoms with Gasteiger partial charge >= 0.3 is 0 Å². The molecule has 1 N–H and O–H groups in total. The number of rotatable bonds is 5. The van der Waals surface area contributed by atoms with Gasteiger partial charge in [-0.25, -0.2) is 0 Å². The standard InChI is InChI=1S/C30H23N/c1-3-8-23(9-4-1)25-14-18-29(19-15-25)31-30-20-16-26(17-21-30)28-13-7-12-27(22-28)24-10-5-2-6-11-24/h1-22,31H. The van der Waals surface area contributed by atoms with E-state index in [1.807, 2.05) is 12.1 Å². The zero-order valence-electron chi connectivity index (χ0n) is 17.2. The third-order valence-corrected chi connectivity index (χ3v) is 5.47. The van der Waals surface area contributed by atoms with Gasteiger partial charge in [-0.2, -0.15) is 0 Å². The molecule has 0 fully saturated rings. The Labute approximate surface area is 183 Å². The third kappa shape index (κ3) is 4.41. The highest BCUT2D eigenvalue weighted by Crippen LogP contribution is 2.28. The van der Waals surface area contributed by atoms with Gasteiger partial charge in [-0.05, 0) is 63.7 Å². The summed E-state index contributed by atoms with van der Waals surface area (Å²) in [6, 6.07) is 46.8. The lowest BCUT2D eigenvalue weighted by molar-refractivity contribution is 1.53. The van der Waals surface area contributed by atoms with Crippen molar-refractivity contribution in [1.29, 1.82) is 0 Å². The zero-order chi connectivity index (χ0) is 20.9. The minimum atomic E-state index is 1.08. The maximum absolute atomic E-state index is 3.50. The van der Waals surface area contributed by atoms with E-state index in [4.69, 9.17) is 0 Å². The predicted molar refractivity (Wildman–Crippen MR) is 132 cm³/mol. The van der Waals surface area contributed by atoms with Gasteiger partial charge in [0.05, 0.1) is 0 Å². The molecule has 0 bridgehead atoms. The molecule has 0 saturated carbocycles. The minimum absolute atomic E-state index is 1.08. The molecule has 0 atom stereocenters. The molecule has 0 aliphatic rings. The first-order valence-electron chi connectivity index (χ1n) is 10.5. The van der Waals surface area contributed by atoms with Crippen molar-refractivity contribution >= 4 is 11.4 Å². The summed E-state index contributed by atoms with van der Waals surface area (Å²) in [6.45, 7) is 0. The topological polar surface area (TPSA) is 12.0 Å². The van der Waals surface area contributed by atoms with Crippen LogP contribution >= 0.6 is 0 Å². The average molecular weight is 398 g/mol. The Morgan fingerprint density at radius 3 is 1.13 bits per heavy atom. The van der Waals surface area contributed by atoms with Crippen LogP contribution in [0.4, 0.5) is 11.4 Å². The molecule has 0 aromatic heterocycles. The first kappa shape index (κ1) is 18.9. The Hall–Kier alpha value is -4.10. The second-order valence-electron chi connectivity index (χ2n) is 7.59. The van der Waals surface area contributed by atoms with E-state index in [-0.39, 0.29) is 0 Å². The molecule has 31 heavy (non-hydrogen) atoms. The van der Waals surface area contributed by atoms with Crippen molar-refractivity contribution in [2.45, 2.75) is 0 Å². The number of hydrogen-bond donors (Lipinski definition) is 1. The van der Waals surface area contributed by atoms with Crippen molar-refractivity contribution in [1.82, 2.24) is 0 Å². The van der Waals surface area contributed by atoms with Crippen LogP contribution < -0.4 is 5.32 Å². The van der Waals surface area contributed by atoms with Crippen molar-refractivity contribution < 1.29 is 0 Å². The van der Waals surface area contributed by atoms with E-state index in [1.165, 1.54) is 33.4 Å². The first-order valence-corrected chi connectivity index (χ1v) is 10.5. The van der Waals surface area contributed by atoms with Crippen molar-refractivity contribution in [3.8, 4) is 33.4 Å². The van der Waals surface area contributed by atoms with Gasteiger partial charge in [0.25, 0.3) is 0 Å². The van der Waals surface area contributed by atoms with Crippen LogP contribution in [0.2, 0.25) is 0 Å². The van der Waals surface area contributed by atoms with Crippen LogP contribution in [-0.4, -0.2) is 0 Å². The molecule has 0 heterocycles. The Kier molecular flexibility index (Phi) is 5.32. The quantitative estimate of drug-likeness (QED) is 0.314. The van der Waals surface area contributed by atoms with Crippen LogP contribution in [0.25, 0.3) is 33.4 Å². The second-order valence-corrected chi connectivity index (χ2v) is 7.59. The molecule has 0 aliphatic carbocycles. The highest BCUT2D eigenvalue weighted by molar-refractivity contribution is 5.75. The van der Waals surface area contributed by atoms with Crippen molar-refractivity contribution in [3.63, 3.8) is 0 Å². The van der Waals surface area contributed by atoms with E-state index in [9.17, 15) is 0 Å². The predicted octanol–water partition coefficient (Wildman–Crippen LogP) is 8.43. The van der Waals surface area contributed by atoms with E-state index < -0.39 is 0 Å². The third-order valence-electron chi connectivity index (χ3n) is 5.47. The summed E-state index contributed by atoms with van der Waals surface area (Å²) in [7, 11) is 0. The molecule has 148 valence electrons. The molecule has 0 saturated heterocycles. The summed E-state index contributed by atoms with van der Waals surface area (Å²) in [5.74, 6) is 0. The maximum atomic E-state index is 3.50. The summed E-state index contributed by atoms with van der Waals surface area (Å²) in [5.41, 5.74) is 9.52. The Balaban J connectivity index is 1.32. The maximum Gasteiger partial charge on any atom is 0.0384 e. The highest BCUT2D eigenvalue weighted by Gasteiger charge is 2.03. The van der Waals surface area contributed by atoms with Gasteiger partial charge in [0.2, 0.25) is 0 Å². The number of anilines is 2. The SMILES string of the molecule is c1ccc(-c2ccc(Nc3ccc(-c4cccc(-c5ccccc5)c4)cc3)cc2)cc1. The normalized spacial score (nSPS) is 10.6. The molecule has 0 radical (unpaired) electrons. The van der Waals surface area contributed by atoms with Gasteiger partial charge in [0.15, 0.2) is 0 Å². The smallest absolute Gasteiger partial charge is 0.0384 e. The fourth-order valence-electron chi connectivity index (χ4n) is 3.80. The number of benzene rings is 5. The van der Waals surface area contributed by atoms with Gasteiger partial charge in [-0.1, -0.05) is 103 Å². The van der Waals surface area contributed by atoms with Crippen LogP contribution in [-0.2, 0) is 0 Å². The van der Waals surface area contributed by atoms with Crippen LogP contribution in [0, 0.1) is 0 Å². The second kappa shape index (κ2) is 8.73. The minimum Gasteiger partial charge on any atom is -0.356 e. The molecule has 5 aromatic carbocycles. The fraction of sp³-hybridized carbons (Fsp3) is 0. The van der Waals surface area contributed by atoms with E-state index in [2.05, 4.69) is 127 Å². The fourth-order valence-corrected chi connectivity index (χ4v) is 3.80. The largest absolute Gasteiger partial charge is 0.356 e. The molecule has 0 amide bonds. The summed E-state index contributed by atoms with van der Waals surface area (Å²) in [5, 5.41) is 3.50. The van der Waals surface area contributed by atoms with Gasteiger partial charge in [-0.15, -0.1) is 0 Å². The number of hydrogen-bond acceptors (Lipinski definition) is 1. The van der Waals surface area contributed by atoms with E-state index >= 15 is 0 Å². The number of nitrogens with one attached hydrogen (secondary N) is 1. The van der Waals surface area contributed by atoms with Crippen LogP contribution in [0.3, 0.4) is 0 Å². The molecule has 1 nitrogen and oxygen atoms in total. The first-order chi connectivity index (χ1) is 15.3. The lowest BCUT2D eigenvalue weighted by Gasteiger charge is -2.10. The lowest BCUT2D eigenvalue weighted by Crippen LogP contribution is -1.90.